The second kappa shape index (κ2) is 5.87. The Kier molecular flexibility index (Phi) is 4.20. The summed E-state index contributed by atoms with van der Waals surface area (Å²) in [5.74, 6) is 0.440. The van der Waals surface area contributed by atoms with Crippen LogP contribution < -0.4 is 10.6 Å². The molecule has 1 aromatic rings. The third-order valence-electron chi connectivity index (χ3n) is 3.38. The Hall–Kier alpha value is -1.55. The fourth-order valence-corrected chi connectivity index (χ4v) is 2.47. The molecule has 2 N–H and O–H groups in total. The average Bonchev–Trinajstić information content (AvgIpc) is 2.67. The Morgan fingerprint density at radius 2 is 2.22 bits per heavy atom. The Labute approximate surface area is 108 Å². The molecule has 4 nitrogen and oxygen atoms in total. The number of nitrogens with one attached hydrogen (secondary N) is 2. The first-order valence-corrected chi connectivity index (χ1v) is 6.33. The third kappa shape index (κ3) is 2.82. The summed E-state index contributed by atoms with van der Waals surface area (Å²) in [7, 11) is 1.62. The van der Waals surface area contributed by atoms with Crippen molar-refractivity contribution < 1.29 is 9.53 Å². The van der Waals surface area contributed by atoms with Crippen molar-refractivity contribution in [3.8, 4) is 0 Å². The summed E-state index contributed by atoms with van der Waals surface area (Å²) in [6.45, 7) is 3.23. The number of hydrogen-bond acceptors (Lipinski definition) is 2. The summed E-state index contributed by atoms with van der Waals surface area (Å²) in [4.78, 5) is 11.8. The van der Waals surface area contributed by atoms with Gasteiger partial charge in [0.05, 0.1) is 12.6 Å². The lowest BCUT2D eigenvalue weighted by molar-refractivity contribution is 0.194. The molecule has 2 atom stereocenters. The number of urea groups is 1. The van der Waals surface area contributed by atoms with E-state index in [9.17, 15) is 4.79 Å². The van der Waals surface area contributed by atoms with Gasteiger partial charge in [-0.25, -0.2) is 4.79 Å². The molecule has 0 unspecified atom stereocenters. The molecule has 0 aromatic heterocycles. The smallest absolute Gasteiger partial charge is 0.315 e. The molecule has 18 heavy (non-hydrogen) atoms. The second-order valence-corrected chi connectivity index (χ2v) is 4.75. The molecule has 2 amide bonds. The number of benzene rings is 1. The van der Waals surface area contributed by atoms with Crippen molar-refractivity contribution in [2.75, 3.05) is 20.3 Å². The minimum absolute atomic E-state index is 0.115. The van der Waals surface area contributed by atoms with Crippen LogP contribution in [0.15, 0.2) is 24.3 Å². The molecule has 0 heterocycles. The van der Waals surface area contributed by atoms with Gasteiger partial charge >= 0.3 is 6.03 Å². The van der Waals surface area contributed by atoms with Gasteiger partial charge in [-0.05, 0) is 23.5 Å². The highest BCUT2D eigenvalue weighted by Crippen LogP contribution is 2.35. The predicted octanol–water partition coefficient (Wildman–Crippen LogP) is 1.87. The van der Waals surface area contributed by atoms with E-state index in [1.807, 2.05) is 12.1 Å². The lowest BCUT2D eigenvalue weighted by Crippen LogP contribution is -2.40. The lowest BCUT2D eigenvalue weighted by Gasteiger charge is -2.19. The van der Waals surface area contributed by atoms with Crippen LogP contribution in [0.5, 0.6) is 0 Å². The van der Waals surface area contributed by atoms with Crippen LogP contribution in [0.25, 0.3) is 0 Å². The highest BCUT2D eigenvalue weighted by atomic mass is 16.5. The maximum Gasteiger partial charge on any atom is 0.315 e. The molecular weight excluding hydrogens is 228 g/mol. The molecule has 0 saturated heterocycles. The number of methoxy groups -OCH3 is 1. The van der Waals surface area contributed by atoms with Gasteiger partial charge in [0.15, 0.2) is 0 Å². The van der Waals surface area contributed by atoms with Gasteiger partial charge < -0.3 is 15.4 Å². The first-order valence-electron chi connectivity index (χ1n) is 6.33. The first kappa shape index (κ1) is 12.9. The van der Waals surface area contributed by atoms with Gasteiger partial charge in [-0.1, -0.05) is 31.2 Å². The minimum Gasteiger partial charge on any atom is -0.383 e. The van der Waals surface area contributed by atoms with Crippen LogP contribution in [0.2, 0.25) is 0 Å². The van der Waals surface area contributed by atoms with Crippen LogP contribution in [-0.2, 0) is 11.2 Å². The van der Waals surface area contributed by atoms with Crippen LogP contribution in [-0.4, -0.2) is 26.3 Å². The molecule has 1 aliphatic rings. The van der Waals surface area contributed by atoms with E-state index in [0.717, 1.165) is 6.42 Å². The zero-order chi connectivity index (χ0) is 13.0. The maximum atomic E-state index is 11.8. The zero-order valence-corrected chi connectivity index (χ0v) is 10.9. The van der Waals surface area contributed by atoms with Crippen LogP contribution in [0.3, 0.4) is 0 Å². The van der Waals surface area contributed by atoms with E-state index < -0.39 is 0 Å². The molecule has 2 rings (SSSR count). The number of rotatable bonds is 4. The fourth-order valence-electron chi connectivity index (χ4n) is 2.47. The van der Waals surface area contributed by atoms with Gasteiger partial charge in [0.2, 0.25) is 0 Å². The normalized spacial score (nSPS) is 21.4. The monoisotopic (exact) mass is 248 g/mol. The largest absolute Gasteiger partial charge is 0.383 e. The van der Waals surface area contributed by atoms with E-state index in [0.29, 0.717) is 19.1 Å². The van der Waals surface area contributed by atoms with Gasteiger partial charge in [0, 0.05) is 13.7 Å². The van der Waals surface area contributed by atoms with Crippen molar-refractivity contribution in [1.82, 2.24) is 10.6 Å². The number of amides is 2. The maximum absolute atomic E-state index is 11.8. The first-order chi connectivity index (χ1) is 8.72. The topological polar surface area (TPSA) is 50.4 Å². The molecule has 0 spiro atoms. The summed E-state index contributed by atoms with van der Waals surface area (Å²) in [5.41, 5.74) is 2.58. The number of fused-ring (bicyclic) bond motifs is 1. The Morgan fingerprint density at radius 1 is 1.44 bits per heavy atom. The Balaban J connectivity index is 1.95. The van der Waals surface area contributed by atoms with E-state index >= 15 is 0 Å². The molecule has 0 radical (unpaired) electrons. The van der Waals surface area contributed by atoms with Gasteiger partial charge in [0.1, 0.15) is 0 Å². The van der Waals surface area contributed by atoms with Crippen molar-refractivity contribution in [3.63, 3.8) is 0 Å². The van der Waals surface area contributed by atoms with E-state index in [2.05, 4.69) is 29.7 Å². The van der Waals surface area contributed by atoms with Crippen LogP contribution in [0.1, 0.15) is 24.1 Å². The quantitative estimate of drug-likeness (QED) is 0.799. The summed E-state index contributed by atoms with van der Waals surface area (Å²) < 4.78 is 4.90. The summed E-state index contributed by atoms with van der Waals surface area (Å²) in [6, 6.07) is 8.29. The Bertz CT molecular complexity index is 420. The standard InChI is InChI=1S/C14H20N2O2/c1-10-9-11-5-3-4-6-12(11)13(10)16-14(17)15-7-8-18-2/h3-6,10,13H,7-9H2,1-2H3,(H2,15,16,17)/t10-,13-/m1/s1. The molecule has 1 aromatic carbocycles. The third-order valence-corrected chi connectivity index (χ3v) is 3.38. The molecule has 0 fully saturated rings. The lowest BCUT2D eigenvalue weighted by atomic mass is 10.0. The number of ether oxygens (including phenoxy) is 1. The minimum atomic E-state index is -0.124. The van der Waals surface area contributed by atoms with Gasteiger partial charge in [-0.2, -0.15) is 0 Å². The zero-order valence-electron chi connectivity index (χ0n) is 10.9. The average molecular weight is 248 g/mol. The Morgan fingerprint density at radius 3 is 3.00 bits per heavy atom. The van der Waals surface area contributed by atoms with E-state index in [1.54, 1.807) is 7.11 Å². The molecule has 1 aliphatic carbocycles. The predicted molar refractivity (Wildman–Crippen MR) is 70.5 cm³/mol. The molecule has 4 heteroatoms. The van der Waals surface area contributed by atoms with Crippen LogP contribution in [0, 0.1) is 5.92 Å². The van der Waals surface area contributed by atoms with Crippen molar-refractivity contribution in [2.45, 2.75) is 19.4 Å². The summed E-state index contributed by atoms with van der Waals surface area (Å²) >= 11 is 0. The van der Waals surface area contributed by atoms with Crippen molar-refractivity contribution >= 4 is 6.03 Å². The molecule has 0 saturated carbocycles. The van der Waals surface area contributed by atoms with E-state index in [4.69, 9.17) is 4.74 Å². The SMILES string of the molecule is COCCNC(=O)N[C@H]1c2ccccc2C[C@H]1C. The molecule has 0 bridgehead atoms. The summed E-state index contributed by atoms with van der Waals surface area (Å²) in [5, 5.41) is 5.82. The summed E-state index contributed by atoms with van der Waals surface area (Å²) in [6.07, 6.45) is 1.03. The van der Waals surface area contributed by atoms with Gasteiger partial charge in [0.25, 0.3) is 0 Å². The number of hydrogen-bond donors (Lipinski definition) is 2. The van der Waals surface area contributed by atoms with Gasteiger partial charge in [-0.3, -0.25) is 0 Å². The highest BCUT2D eigenvalue weighted by molar-refractivity contribution is 5.74. The van der Waals surface area contributed by atoms with Crippen LogP contribution >= 0.6 is 0 Å². The highest BCUT2D eigenvalue weighted by Gasteiger charge is 2.29. The van der Waals surface area contributed by atoms with E-state index in [-0.39, 0.29) is 12.1 Å². The second-order valence-electron chi connectivity index (χ2n) is 4.75. The van der Waals surface area contributed by atoms with Crippen molar-refractivity contribution in [3.05, 3.63) is 35.4 Å². The van der Waals surface area contributed by atoms with Crippen LogP contribution in [0.4, 0.5) is 4.79 Å². The fraction of sp³-hybridized carbons (Fsp3) is 0.500. The molecule has 0 aliphatic heterocycles. The molecule has 98 valence electrons. The van der Waals surface area contributed by atoms with E-state index in [1.165, 1.54) is 11.1 Å². The number of carbonyl (C=O) groups excluding carboxylic acids is 1. The van der Waals surface area contributed by atoms with Crippen molar-refractivity contribution in [1.29, 1.82) is 0 Å². The van der Waals surface area contributed by atoms with Crippen molar-refractivity contribution in [2.24, 2.45) is 5.92 Å². The number of carbonyl (C=O) groups is 1. The van der Waals surface area contributed by atoms with Gasteiger partial charge in [-0.15, -0.1) is 0 Å². The molecular formula is C14H20N2O2.